The van der Waals surface area contributed by atoms with E-state index >= 15 is 0 Å². The zero-order valence-electron chi connectivity index (χ0n) is 16.9. The maximum atomic E-state index is 13.0. The van der Waals surface area contributed by atoms with Gasteiger partial charge in [-0.05, 0) is 43.7 Å². The number of quaternary nitrogens is 1. The molecule has 4 aliphatic carbocycles. The van der Waals surface area contributed by atoms with E-state index in [2.05, 4.69) is 0 Å². The molecule has 2 unspecified atom stereocenters. The molecule has 2 bridgehead atoms. The van der Waals surface area contributed by atoms with Gasteiger partial charge in [-0.1, -0.05) is 6.07 Å². The largest absolute Gasteiger partial charge is 0.504 e. The molecule has 0 radical (unpaired) electrons. The van der Waals surface area contributed by atoms with Gasteiger partial charge in [0.2, 0.25) is 0 Å². The maximum Gasteiger partial charge on any atom is 0.174 e. The average Bonchev–Trinajstić information content (AvgIpc) is 3.62. The molecule has 1 aromatic rings. The van der Waals surface area contributed by atoms with E-state index in [1.807, 2.05) is 6.07 Å². The molecule has 6 aliphatic rings. The number of aliphatic hydroxyl groups is 1. The van der Waals surface area contributed by atoms with E-state index in [1.54, 1.807) is 6.07 Å². The van der Waals surface area contributed by atoms with Crippen molar-refractivity contribution in [2.75, 3.05) is 19.6 Å². The lowest BCUT2D eigenvalue weighted by molar-refractivity contribution is -0.969. The lowest BCUT2D eigenvalue weighted by atomic mass is 9.48. The molecule has 0 aromatic heterocycles. The van der Waals surface area contributed by atoms with Gasteiger partial charge in [0.15, 0.2) is 23.4 Å². The number of hydrogen-bond acceptors (Lipinski definition) is 4. The smallest absolute Gasteiger partial charge is 0.174 e. The third kappa shape index (κ3) is 1.97. The van der Waals surface area contributed by atoms with E-state index in [9.17, 15) is 15.0 Å². The molecule has 1 saturated heterocycles. The van der Waals surface area contributed by atoms with E-state index < -0.39 is 17.1 Å². The standard InChI is InChI=1S/C24H29NO4/c26-17-6-5-16-11-19-24(28)8-7-18(27)22-23(24,20(16)21(17)29-22)9-10-25(19,12-14-1-2-14)13-15-3-4-15/h5-6,14-15,19,22,28H,1-4,7-13H2/p+1/t19?,22-,23-,24?/m1/s1. The van der Waals surface area contributed by atoms with Crippen LogP contribution < -0.4 is 4.74 Å². The number of ketones is 1. The van der Waals surface area contributed by atoms with Crippen molar-refractivity contribution in [1.82, 2.24) is 0 Å². The number of piperidine rings is 1. The highest BCUT2D eigenvalue weighted by atomic mass is 16.5. The molecule has 4 atom stereocenters. The van der Waals surface area contributed by atoms with Crippen LogP contribution in [0.25, 0.3) is 0 Å². The minimum atomic E-state index is -0.917. The Kier molecular flexibility index (Phi) is 3.06. The van der Waals surface area contributed by atoms with Crippen LogP contribution in [0.15, 0.2) is 12.1 Å². The summed E-state index contributed by atoms with van der Waals surface area (Å²) >= 11 is 0. The minimum absolute atomic E-state index is 0.0984. The summed E-state index contributed by atoms with van der Waals surface area (Å²) < 4.78 is 7.22. The van der Waals surface area contributed by atoms with Gasteiger partial charge in [0, 0.05) is 36.7 Å². The van der Waals surface area contributed by atoms with Gasteiger partial charge in [-0.3, -0.25) is 4.79 Å². The zero-order valence-corrected chi connectivity index (χ0v) is 16.9. The Bertz CT molecular complexity index is 921. The first kappa shape index (κ1) is 17.1. The Morgan fingerprint density at radius 2 is 1.83 bits per heavy atom. The first-order valence-electron chi connectivity index (χ1n) is 11.6. The molecule has 29 heavy (non-hydrogen) atoms. The van der Waals surface area contributed by atoms with Gasteiger partial charge in [-0.25, -0.2) is 0 Å². The summed E-state index contributed by atoms with van der Waals surface area (Å²) in [6, 6.07) is 3.89. The third-order valence-electron chi connectivity index (χ3n) is 9.38. The van der Waals surface area contributed by atoms with Crippen molar-refractivity contribution in [1.29, 1.82) is 0 Å². The van der Waals surface area contributed by atoms with Crippen molar-refractivity contribution < 1.29 is 24.2 Å². The first-order chi connectivity index (χ1) is 14.0. The summed E-state index contributed by atoms with van der Waals surface area (Å²) in [6.07, 6.45) is 7.26. The van der Waals surface area contributed by atoms with Gasteiger partial charge in [0.1, 0.15) is 11.6 Å². The van der Waals surface area contributed by atoms with Crippen LogP contribution in [-0.2, 0) is 16.6 Å². The quantitative estimate of drug-likeness (QED) is 0.768. The fourth-order valence-electron chi connectivity index (χ4n) is 7.85. The predicted octanol–water partition coefficient (Wildman–Crippen LogP) is 2.45. The second-order valence-electron chi connectivity index (χ2n) is 11.0. The number of carbonyl (C=O) groups is 1. The van der Waals surface area contributed by atoms with Crippen molar-refractivity contribution in [3.05, 3.63) is 23.3 Å². The number of likely N-dealkylation sites (tertiary alicyclic amines) is 1. The summed E-state index contributed by atoms with van der Waals surface area (Å²) in [4.78, 5) is 13.0. The van der Waals surface area contributed by atoms with E-state index in [-0.39, 0.29) is 17.6 Å². The number of phenolic OH excluding ortho intramolecular Hbond substituents is 1. The van der Waals surface area contributed by atoms with Gasteiger partial charge in [0.05, 0.1) is 25.0 Å². The van der Waals surface area contributed by atoms with E-state index in [1.165, 1.54) is 44.3 Å². The van der Waals surface area contributed by atoms with Crippen LogP contribution in [0.2, 0.25) is 0 Å². The van der Waals surface area contributed by atoms with Crippen LogP contribution in [0, 0.1) is 11.8 Å². The molecule has 2 aliphatic heterocycles. The summed E-state index contributed by atoms with van der Waals surface area (Å²) in [6.45, 7) is 3.42. The number of phenols is 1. The fraction of sp³-hybridized carbons (Fsp3) is 0.708. The van der Waals surface area contributed by atoms with Gasteiger partial charge in [-0.2, -0.15) is 0 Å². The predicted molar refractivity (Wildman–Crippen MR) is 106 cm³/mol. The summed E-state index contributed by atoms with van der Waals surface area (Å²) in [5, 5.41) is 23.0. The number of nitrogens with zero attached hydrogens (tertiary/aromatic N) is 1. The number of ether oxygens (including phenoxy) is 1. The van der Waals surface area contributed by atoms with Gasteiger partial charge < -0.3 is 19.4 Å². The topological polar surface area (TPSA) is 66.8 Å². The minimum Gasteiger partial charge on any atom is -0.504 e. The van der Waals surface area contributed by atoms with Gasteiger partial charge in [0.25, 0.3) is 0 Å². The van der Waals surface area contributed by atoms with Crippen molar-refractivity contribution in [2.24, 2.45) is 11.8 Å². The third-order valence-corrected chi connectivity index (χ3v) is 9.38. The van der Waals surface area contributed by atoms with Crippen molar-refractivity contribution in [2.45, 2.75) is 74.5 Å². The molecule has 3 saturated carbocycles. The second kappa shape index (κ2) is 5.17. The molecule has 5 heteroatoms. The Morgan fingerprint density at radius 3 is 2.52 bits per heavy atom. The molecular weight excluding hydrogens is 366 g/mol. The second-order valence-corrected chi connectivity index (χ2v) is 11.0. The molecule has 4 fully saturated rings. The van der Waals surface area contributed by atoms with Gasteiger partial charge >= 0.3 is 0 Å². The summed E-state index contributed by atoms with van der Waals surface area (Å²) in [5.41, 5.74) is 0.576. The highest BCUT2D eigenvalue weighted by Gasteiger charge is 2.77. The number of Topliss-reactive ketones (excluding diaryl/α,β-unsaturated/α-hetero) is 1. The maximum absolute atomic E-state index is 13.0. The molecule has 0 amide bonds. The lowest BCUT2D eigenvalue weighted by Crippen LogP contribution is -2.82. The Morgan fingerprint density at radius 1 is 1.10 bits per heavy atom. The van der Waals surface area contributed by atoms with Crippen LogP contribution in [0.4, 0.5) is 0 Å². The monoisotopic (exact) mass is 396 g/mol. The van der Waals surface area contributed by atoms with Gasteiger partial charge in [-0.15, -0.1) is 0 Å². The summed E-state index contributed by atoms with van der Waals surface area (Å²) in [5.74, 6) is 2.31. The molecular formula is C24H30NO4+. The fourth-order valence-corrected chi connectivity index (χ4v) is 7.85. The molecule has 5 nitrogen and oxygen atoms in total. The molecule has 2 heterocycles. The molecule has 7 rings (SSSR count). The highest BCUT2D eigenvalue weighted by Crippen LogP contribution is 2.66. The Balaban J connectivity index is 1.45. The molecule has 2 N–H and O–H groups in total. The number of benzene rings is 1. The van der Waals surface area contributed by atoms with Crippen molar-refractivity contribution in [3.8, 4) is 11.5 Å². The Hall–Kier alpha value is -1.59. The first-order valence-corrected chi connectivity index (χ1v) is 11.6. The summed E-state index contributed by atoms with van der Waals surface area (Å²) in [7, 11) is 0. The van der Waals surface area contributed by atoms with Crippen LogP contribution in [-0.4, -0.2) is 57.9 Å². The van der Waals surface area contributed by atoms with Crippen LogP contribution in [0.1, 0.15) is 56.1 Å². The SMILES string of the molecule is O=C1CCC2(O)C3Cc4ccc(O)c5c4[C@]2(CC[N+]3(CC2CC2)CC2CC2)[C@@H]1O5. The average molecular weight is 397 g/mol. The van der Waals surface area contributed by atoms with Crippen LogP contribution >= 0.6 is 0 Å². The lowest BCUT2D eigenvalue weighted by Gasteiger charge is -2.65. The number of rotatable bonds is 4. The zero-order chi connectivity index (χ0) is 19.6. The molecule has 154 valence electrons. The van der Waals surface area contributed by atoms with Crippen LogP contribution in [0.3, 0.4) is 0 Å². The molecule has 1 spiro atoms. The number of carbonyl (C=O) groups excluding carboxylic acids is 1. The Labute approximate surface area is 171 Å². The number of aromatic hydroxyl groups is 1. The van der Waals surface area contributed by atoms with Crippen LogP contribution in [0.5, 0.6) is 11.5 Å². The highest BCUT2D eigenvalue weighted by molar-refractivity contribution is 5.90. The molecule has 1 aromatic carbocycles. The number of hydrogen-bond donors (Lipinski definition) is 2. The van der Waals surface area contributed by atoms with Crippen molar-refractivity contribution >= 4 is 5.78 Å². The van der Waals surface area contributed by atoms with E-state index in [0.29, 0.717) is 18.6 Å². The van der Waals surface area contributed by atoms with E-state index in [0.717, 1.165) is 41.3 Å². The van der Waals surface area contributed by atoms with E-state index in [4.69, 9.17) is 4.74 Å². The van der Waals surface area contributed by atoms with Crippen molar-refractivity contribution in [3.63, 3.8) is 0 Å². The normalized spacial score (nSPS) is 41.1.